The van der Waals surface area contributed by atoms with Crippen LogP contribution in [-0.2, 0) is 0 Å². The summed E-state index contributed by atoms with van der Waals surface area (Å²) in [7, 11) is 0. The highest BCUT2D eigenvalue weighted by Crippen LogP contribution is 2.47. The van der Waals surface area contributed by atoms with E-state index in [-0.39, 0.29) is 55.9 Å². The highest BCUT2D eigenvalue weighted by molar-refractivity contribution is 9.10. The zero-order valence-corrected chi connectivity index (χ0v) is 14.5. The third-order valence-electron chi connectivity index (χ3n) is 3.77. The van der Waals surface area contributed by atoms with E-state index >= 15 is 0 Å². The summed E-state index contributed by atoms with van der Waals surface area (Å²) < 4.78 is 0.185. The molecule has 0 saturated carbocycles. The van der Waals surface area contributed by atoms with Crippen LogP contribution in [0, 0.1) is 22.8 Å². The first-order valence-corrected chi connectivity index (χ1v) is 7.87. The quantitative estimate of drug-likeness (QED) is 0.226. The molecule has 0 fully saturated rings. The number of benzene rings is 1. The van der Waals surface area contributed by atoms with Gasteiger partial charge in [0.25, 0.3) is 0 Å². The van der Waals surface area contributed by atoms with Gasteiger partial charge >= 0.3 is 0 Å². The molecule has 0 aliphatic carbocycles. The smallest absolute Gasteiger partial charge is 0.211 e. The number of hydrogen-bond acceptors (Lipinski definition) is 10. The number of hydrogen-bond donors (Lipinski definition) is 6. The summed E-state index contributed by atoms with van der Waals surface area (Å²) in [5, 5.41) is 43.6. The average molecular weight is 415 g/mol. The van der Waals surface area contributed by atoms with E-state index in [1.165, 1.54) is 12.1 Å². The second-order valence-electron chi connectivity index (χ2n) is 5.23. The zero-order chi connectivity index (χ0) is 19.0. The van der Waals surface area contributed by atoms with Crippen molar-refractivity contribution >= 4 is 39.2 Å². The lowest BCUT2D eigenvalue weighted by Crippen LogP contribution is -2.32. The maximum atomic E-state index is 10.3. The molecule has 11 heteroatoms. The fraction of sp³-hybridized carbons (Fsp3) is 0.0667. The van der Waals surface area contributed by atoms with Gasteiger partial charge in [0.15, 0.2) is 6.19 Å². The van der Waals surface area contributed by atoms with Crippen molar-refractivity contribution in [1.29, 1.82) is 10.5 Å². The molecule has 2 heterocycles. The van der Waals surface area contributed by atoms with Crippen LogP contribution in [0.2, 0.25) is 0 Å². The molecule has 3 rings (SSSR count). The molecule has 10 nitrogen and oxygen atoms in total. The summed E-state index contributed by atoms with van der Waals surface area (Å²) in [6, 6.07) is 3.50. The number of nitrogen functional groups attached to an aromatic ring is 2. The fourth-order valence-corrected chi connectivity index (χ4v) is 3.17. The number of aliphatic imine (C=N–C) groups is 1. The number of halogens is 1. The molecule has 0 bridgehead atoms. The van der Waals surface area contributed by atoms with E-state index in [0.29, 0.717) is 0 Å². The second kappa shape index (κ2) is 6.31. The van der Waals surface area contributed by atoms with Gasteiger partial charge in [0, 0.05) is 11.1 Å². The topological polar surface area (TPSA) is 189 Å². The van der Waals surface area contributed by atoms with Gasteiger partial charge in [-0.25, -0.2) is 9.98 Å². The molecule has 1 aromatic carbocycles. The van der Waals surface area contributed by atoms with Crippen LogP contribution in [0.3, 0.4) is 0 Å². The molecule has 0 amide bonds. The Balaban J connectivity index is 2.35. The predicted molar refractivity (Wildman–Crippen MR) is 96.9 cm³/mol. The van der Waals surface area contributed by atoms with Gasteiger partial charge in [0.2, 0.25) is 5.96 Å². The minimum atomic E-state index is -0.969. The number of nitriles is 2. The number of rotatable bonds is 1. The van der Waals surface area contributed by atoms with Gasteiger partial charge in [-0.15, -0.1) is 0 Å². The van der Waals surface area contributed by atoms with Gasteiger partial charge in [-0.3, -0.25) is 5.32 Å². The summed E-state index contributed by atoms with van der Waals surface area (Å²) >= 11 is 3.22. The van der Waals surface area contributed by atoms with Gasteiger partial charge < -0.3 is 27.0 Å². The molecule has 1 atom stereocenters. The molecule has 1 aliphatic rings. The van der Waals surface area contributed by atoms with E-state index in [0.717, 1.165) is 0 Å². The molecule has 1 unspecified atom stereocenters. The second-order valence-corrected chi connectivity index (χ2v) is 6.03. The zero-order valence-electron chi connectivity index (χ0n) is 12.9. The monoisotopic (exact) mass is 414 g/mol. The minimum Gasteiger partial charge on any atom is -0.508 e. The number of aromatic hydroxyl groups is 2. The van der Waals surface area contributed by atoms with Gasteiger partial charge in [0.05, 0.1) is 10.2 Å². The molecule has 0 saturated heterocycles. The largest absolute Gasteiger partial charge is 0.508 e. The SMILES string of the molecule is N#CNC1=NC(c2c(O)ccc(O)c2Br)c2c(nc(N)c(C#N)c2N)N1. The van der Waals surface area contributed by atoms with Crippen LogP contribution in [0.5, 0.6) is 11.5 Å². The maximum absolute atomic E-state index is 10.3. The average Bonchev–Trinajstić information content (AvgIpc) is 2.58. The molecular formula is C15H11BrN8O2. The minimum absolute atomic E-state index is 0.0294. The lowest BCUT2D eigenvalue weighted by molar-refractivity contribution is 0.448. The normalized spacial score (nSPS) is 15.0. The van der Waals surface area contributed by atoms with Crippen molar-refractivity contribution in [2.45, 2.75) is 6.04 Å². The summed E-state index contributed by atoms with van der Waals surface area (Å²) in [5.41, 5.74) is 12.3. The van der Waals surface area contributed by atoms with E-state index in [4.69, 9.17) is 16.7 Å². The molecule has 8 N–H and O–H groups in total. The van der Waals surface area contributed by atoms with Crippen molar-refractivity contribution in [3.05, 3.63) is 33.3 Å². The van der Waals surface area contributed by atoms with Crippen molar-refractivity contribution < 1.29 is 10.2 Å². The summed E-state index contributed by atoms with van der Waals surface area (Å²) in [6.45, 7) is 0. The first-order valence-electron chi connectivity index (χ1n) is 7.08. The van der Waals surface area contributed by atoms with Crippen LogP contribution in [0.15, 0.2) is 21.6 Å². The molecule has 26 heavy (non-hydrogen) atoms. The lowest BCUT2D eigenvalue weighted by Gasteiger charge is -2.27. The van der Waals surface area contributed by atoms with E-state index < -0.39 is 6.04 Å². The standard InChI is InChI=1S/C15H11BrN8O2/c16-10-7(26)2-1-6(25)8(10)12-9-11(19)5(3-17)13(20)23-14(9)24-15(22-12)21-4-18/h1-2,12,25-26H,(H6,19,20,21,22,23,24). The Morgan fingerprint density at radius 1 is 1.19 bits per heavy atom. The number of guanidine groups is 1. The third kappa shape index (κ3) is 2.56. The van der Waals surface area contributed by atoms with Gasteiger partial charge in [-0.05, 0) is 28.1 Å². The Bertz CT molecular complexity index is 1040. The first-order chi connectivity index (χ1) is 12.4. The Labute approximate surface area is 155 Å². The van der Waals surface area contributed by atoms with E-state index in [1.54, 1.807) is 6.19 Å². The maximum Gasteiger partial charge on any atom is 0.211 e. The van der Waals surface area contributed by atoms with Crippen molar-refractivity contribution in [1.82, 2.24) is 10.3 Å². The number of phenolic OH excluding ortho intramolecular Hbond substituents is 2. The third-order valence-corrected chi connectivity index (χ3v) is 4.60. The number of nitrogens with one attached hydrogen (secondary N) is 2. The highest BCUT2D eigenvalue weighted by Gasteiger charge is 2.33. The molecular weight excluding hydrogens is 404 g/mol. The molecule has 1 aliphatic heterocycles. The number of pyridine rings is 1. The Hall–Kier alpha value is -3.70. The Kier molecular flexibility index (Phi) is 4.16. The number of nitrogens with zero attached hydrogens (tertiary/aromatic N) is 4. The van der Waals surface area contributed by atoms with E-state index in [1.807, 2.05) is 6.07 Å². The summed E-state index contributed by atoms with van der Waals surface area (Å²) in [6.07, 6.45) is 1.72. The summed E-state index contributed by atoms with van der Waals surface area (Å²) in [5.74, 6) is -0.192. The first kappa shape index (κ1) is 17.1. The van der Waals surface area contributed by atoms with Crippen molar-refractivity contribution in [3.63, 3.8) is 0 Å². The number of fused-ring (bicyclic) bond motifs is 1. The van der Waals surface area contributed by atoms with Crippen LogP contribution >= 0.6 is 15.9 Å². The van der Waals surface area contributed by atoms with E-state index in [2.05, 4.69) is 36.5 Å². The number of nitrogens with two attached hydrogens (primary N) is 2. The molecule has 0 spiro atoms. The lowest BCUT2D eigenvalue weighted by atomic mass is 9.94. The highest BCUT2D eigenvalue weighted by atomic mass is 79.9. The molecule has 1 aromatic heterocycles. The van der Waals surface area contributed by atoms with Gasteiger partial charge in [0.1, 0.15) is 40.8 Å². The van der Waals surface area contributed by atoms with Crippen LogP contribution < -0.4 is 22.1 Å². The van der Waals surface area contributed by atoms with Crippen molar-refractivity contribution in [2.24, 2.45) is 4.99 Å². The fourth-order valence-electron chi connectivity index (χ4n) is 2.62. The Morgan fingerprint density at radius 2 is 1.88 bits per heavy atom. The molecule has 0 radical (unpaired) electrons. The van der Waals surface area contributed by atoms with Crippen LogP contribution in [0.4, 0.5) is 17.3 Å². The van der Waals surface area contributed by atoms with Gasteiger partial charge in [-0.2, -0.15) is 10.5 Å². The van der Waals surface area contributed by atoms with Crippen molar-refractivity contribution in [2.75, 3.05) is 16.8 Å². The molecule has 130 valence electrons. The van der Waals surface area contributed by atoms with Crippen LogP contribution in [0.1, 0.15) is 22.7 Å². The summed E-state index contributed by atoms with van der Waals surface area (Å²) in [4.78, 5) is 8.42. The number of phenols is 2. The number of aromatic nitrogens is 1. The van der Waals surface area contributed by atoms with E-state index in [9.17, 15) is 15.5 Å². The Morgan fingerprint density at radius 3 is 2.54 bits per heavy atom. The molecule has 2 aromatic rings. The van der Waals surface area contributed by atoms with Gasteiger partial charge in [-0.1, -0.05) is 0 Å². The van der Waals surface area contributed by atoms with Crippen LogP contribution in [-0.4, -0.2) is 21.2 Å². The predicted octanol–water partition coefficient (Wildman–Crippen LogP) is 1.23. The van der Waals surface area contributed by atoms with Crippen molar-refractivity contribution in [3.8, 4) is 23.8 Å². The number of anilines is 3. The van der Waals surface area contributed by atoms with Crippen LogP contribution in [0.25, 0.3) is 0 Å².